The first-order valence-electron chi connectivity index (χ1n) is 6.68. The molecule has 19 heavy (non-hydrogen) atoms. The minimum atomic E-state index is 0.587. The Bertz CT molecular complexity index is 376. The molecule has 0 aliphatic rings. The summed E-state index contributed by atoms with van der Waals surface area (Å²) in [4.78, 5) is 17.4. The first-order valence-corrected chi connectivity index (χ1v) is 6.68. The Morgan fingerprint density at radius 3 is 2.16 bits per heavy atom. The van der Waals surface area contributed by atoms with Gasteiger partial charge < -0.3 is 20.4 Å². The number of nitrogens with zero attached hydrogens (tertiary/aromatic N) is 5. The summed E-state index contributed by atoms with van der Waals surface area (Å²) in [7, 11) is 5.88. The predicted octanol–water partition coefficient (Wildman–Crippen LogP) is 0.733. The molecule has 0 aliphatic carbocycles. The second kappa shape index (κ2) is 7.73. The fourth-order valence-corrected chi connectivity index (χ4v) is 1.59. The van der Waals surface area contributed by atoms with Gasteiger partial charge in [-0.15, -0.1) is 0 Å². The van der Waals surface area contributed by atoms with Gasteiger partial charge in [0.2, 0.25) is 17.8 Å². The van der Waals surface area contributed by atoms with Crippen LogP contribution >= 0.6 is 0 Å². The molecule has 1 heterocycles. The third-order valence-corrected chi connectivity index (χ3v) is 2.74. The summed E-state index contributed by atoms with van der Waals surface area (Å²) in [6, 6.07) is 0. The van der Waals surface area contributed by atoms with Gasteiger partial charge in [-0.05, 0) is 27.9 Å². The van der Waals surface area contributed by atoms with Crippen LogP contribution in [-0.2, 0) is 0 Å². The number of likely N-dealkylation sites (N-methyl/N-ethyl adjacent to an activating group) is 1. The summed E-state index contributed by atoms with van der Waals surface area (Å²) < 4.78 is 0. The van der Waals surface area contributed by atoms with Gasteiger partial charge in [-0.1, -0.05) is 0 Å². The van der Waals surface area contributed by atoms with Crippen molar-refractivity contribution in [1.82, 2.24) is 19.9 Å². The second-order valence-corrected chi connectivity index (χ2v) is 4.43. The monoisotopic (exact) mass is 267 g/mol. The maximum atomic E-state index is 4.45. The molecule has 0 aromatic carbocycles. The molecule has 0 saturated carbocycles. The Balaban J connectivity index is 2.82. The highest BCUT2D eigenvalue weighted by Crippen LogP contribution is 2.12. The van der Waals surface area contributed by atoms with E-state index in [0.29, 0.717) is 17.8 Å². The summed E-state index contributed by atoms with van der Waals surface area (Å²) in [6.45, 7) is 7.66. The van der Waals surface area contributed by atoms with Gasteiger partial charge in [0.1, 0.15) is 0 Å². The molecule has 0 amide bonds. The summed E-state index contributed by atoms with van der Waals surface area (Å²) >= 11 is 0. The highest BCUT2D eigenvalue weighted by molar-refractivity contribution is 5.43. The van der Waals surface area contributed by atoms with Crippen molar-refractivity contribution < 1.29 is 0 Å². The second-order valence-electron chi connectivity index (χ2n) is 4.43. The van der Waals surface area contributed by atoms with E-state index in [-0.39, 0.29) is 0 Å². The van der Waals surface area contributed by atoms with Crippen molar-refractivity contribution >= 4 is 17.8 Å². The highest BCUT2D eigenvalue weighted by atomic mass is 15.3. The molecular formula is C12H25N7. The van der Waals surface area contributed by atoms with Crippen LogP contribution in [0.2, 0.25) is 0 Å². The Morgan fingerprint density at radius 1 is 1.00 bits per heavy atom. The molecule has 1 aromatic rings. The molecule has 1 rings (SSSR count). The third kappa shape index (κ3) is 4.86. The van der Waals surface area contributed by atoms with Crippen molar-refractivity contribution in [1.29, 1.82) is 0 Å². The standard InChI is InChI=1S/C12H25N7/c1-6-19(7-2)12-16-10(13-3)15-11(17-12)14-8-9-18(4)5/h6-9H2,1-5H3,(H2,13,14,15,16,17). The molecule has 7 heteroatoms. The van der Waals surface area contributed by atoms with E-state index in [4.69, 9.17) is 0 Å². The van der Waals surface area contributed by atoms with Gasteiger partial charge in [0.05, 0.1) is 0 Å². The van der Waals surface area contributed by atoms with Crippen LogP contribution < -0.4 is 15.5 Å². The number of aromatic nitrogens is 3. The lowest BCUT2D eigenvalue weighted by Gasteiger charge is -2.19. The zero-order valence-corrected chi connectivity index (χ0v) is 12.6. The topological polar surface area (TPSA) is 69.2 Å². The van der Waals surface area contributed by atoms with E-state index in [2.05, 4.69) is 49.2 Å². The van der Waals surface area contributed by atoms with E-state index in [1.165, 1.54) is 0 Å². The number of anilines is 3. The molecule has 0 fully saturated rings. The first-order chi connectivity index (χ1) is 9.10. The molecule has 2 N–H and O–H groups in total. The average Bonchev–Trinajstić information content (AvgIpc) is 2.39. The smallest absolute Gasteiger partial charge is 0.231 e. The fourth-order valence-electron chi connectivity index (χ4n) is 1.59. The molecule has 0 bridgehead atoms. The van der Waals surface area contributed by atoms with Gasteiger partial charge in [-0.25, -0.2) is 0 Å². The Morgan fingerprint density at radius 2 is 1.63 bits per heavy atom. The molecule has 0 unspecified atom stereocenters. The van der Waals surface area contributed by atoms with Crippen LogP contribution in [0, 0.1) is 0 Å². The summed E-state index contributed by atoms with van der Waals surface area (Å²) in [6.07, 6.45) is 0. The van der Waals surface area contributed by atoms with Gasteiger partial charge in [0, 0.05) is 33.2 Å². The average molecular weight is 267 g/mol. The maximum Gasteiger partial charge on any atom is 0.231 e. The van der Waals surface area contributed by atoms with Gasteiger partial charge in [-0.3, -0.25) is 0 Å². The molecule has 0 radical (unpaired) electrons. The Labute approximate surface area is 115 Å². The van der Waals surface area contributed by atoms with Crippen LogP contribution in [0.1, 0.15) is 13.8 Å². The van der Waals surface area contributed by atoms with Crippen molar-refractivity contribution in [2.45, 2.75) is 13.8 Å². The minimum absolute atomic E-state index is 0.587. The Hall–Kier alpha value is -1.63. The van der Waals surface area contributed by atoms with Crippen LogP contribution in [0.3, 0.4) is 0 Å². The van der Waals surface area contributed by atoms with Gasteiger partial charge in [0.15, 0.2) is 0 Å². The van der Waals surface area contributed by atoms with E-state index in [1.807, 2.05) is 21.1 Å². The van der Waals surface area contributed by atoms with Gasteiger partial charge in [0.25, 0.3) is 0 Å². The largest absolute Gasteiger partial charge is 0.357 e. The molecule has 7 nitrogen and oxygen atoms in total. The predicted molar refractivity (Wildman–Crippen MR) is 80.0 cm³/mol. The van der Waals surface area contributed by atoms with E-state index < -0.39 is 0 Å². The van der Waals surface area contributed by atoms with Crippen molar-refractivity contribution in [2.24, 2.45) is 0 Å². The molecule has 108 valence electrons. The lowest BCUT2D eigenvalue weighted by atomic mass is 10.5. The van der Waals surface area contributed by atoms with Crippen molar-refractivity contribution in [3.8, 4) is 0 Å². The number of hydrogen-bond acceptors (Lipinski definition) is 7. The van der Waals surface area contributed by atoms with Crippen molar-refractivity contribution in [2.75, 3.05) is 62.9 Å². The molecule has 0 aliphatic heterocycles. The van der Waals surface area contributed by atoms with Crippen molar-refractivity contribution in [3.63, 3.8) is 0 Å². The Kier molecular flexibility index (Phi) is 6.27. The van der Waals surface area contributed by atoms with E-state index in [1.54, 1.807) is 0 Å². The number of rotatable bonds is 8. The zero-order chi connectivity index (χ0) is 14.3. The summed E-state index contributed by atoms with van der Waals surface area (Å²) in [5, 5.41) is 6.19. The fraction of sp³-hybridized carbons (Fsp3) is 0.750. The number of hydrogen-bond donors (Lipinski definition) is 2. The van der Waals surface area contributed by atoms with E-state index in [9.17, 15) is 0 Å². The van der Waals surface area contributed by atoms with Crippen LogP contribution in [0.25, 0.3) is 0 Å². The van der Waals surface area contributed by atoms with Crippen LogP contribution in [0.15, 0.2) is 0 Å². The van der Waals surface area contributed by atoms with Crippen LogP contribution in [0.4, 0.5) is 17.8 Å². The SMILES string of the molecule is CCN(CC)c1nc(NC)nc(NCCN(C)C)n1. The molecule has 1 aromatic heterocycles. The zero-order valence-electron chi connectivity index (χ0n) is 12.6. The van der Waals surface area contributed by atoms with Crippen LogP contribution in [0.5, 0.6) is 0 Å². The van der Waals surface area contributed by atoms with Crippen LogP contribution in [-0.4, -0.2) is 67.2 Å². The van der Waals surface area contributed by atoms with Gasteiger partial charge in [-0.2, -0.15) is 15.0 Å². The molecule has 0 spiro atoms. The van der Waals surface area contributed by atoms with Crippen molar-refractivity contribution in [3.05, 3.63) is 0 Å². The molecule has 0 atom stereocenters. The summed E-state index contributed by atoms with van der Waals surface area (Å²) in [5.41, 5.74) is 0. The molecular weight excluding hydrogens is 242 g/mol. The highest BCUT2D eigenvalue weighted by Gasteiger charge is 2.10. The molecule has 0 saturated heterocycles. The third-order valence-electron chi connectivity index (χ3n) is 2.74. The maximum absolute atomic E-state index is 4.45. The minimum Gasteiger partial charge on any atom is -0.357 e. The first kappa shape index (κ1) is 15.4. The summed E-state index contributed by atoms with van der Waals surface area (Å²) in [5.74, 6) is 1.91. The van der Waals surface area contributed by atoms with Gasteiger partial charge >= 0.3 is 0 Å². The lowest BCUT2D eigenvalue weighted by molar-refractivity contribution is 0.425. The number of nitrogens with one attached hydrogen (secondary N) is 2. The van der Waals surface area contributed by atoms with E-state index in [0.717, 1.165) is 26.2 Å². The quantitative estimate of drug-likeness (QED) is 0.719. The van der Waals surface area contributed by atoms with E-state index >= 15 is 0 Å². The normalized spacial score (nSPS) is 10.6. The lowest BCUT2D eigenvalue weighted by Crippen LogP contribution is -2.26.